The zero-order valence-electron chi connectivity index (χ0n) is 8.59. The highest BCUT2D eigenvalue weighted by Crippen LogP contribution is 2.37. The Balaban J connectivity index is 2.11. The molecule has 78 valence electrons. The van der Waals surface area contributed by atoms with Crippen LogP contribution in [0.3, 0.4) is 0 Å². The van der Waals surface area contributed by atoms with Gasteiger partial charge in [0.25, 0.3) is 0 Å². The molecule has 0 aliphatic heterocycles. The number of halogens is 1. The Morgan fingerprint density at radius 2 is 2.00 bits per heavy atom. The maximum atomic E-state index is 3.51. The zero-order chi connectivity index (χ0) is 10.3. The van der Waals surface area contributed by atoms with Crippen molar-refractivity contribution in [2.75, 3.05) is 0 Å². The van der Waals surface area contributed by atoms with Gasteiger partial charge in [-0.05, 0) is 36.5 Å². The first-order valence-electron chi connectivity index (χ1n) is 5.61. The summed E-state index contributed by atoms with van der Waals surface area (Å²) in [5, 5.41) is 1.41. The maximum absolute atomic E-state index is 3.51. The van der Waals surface area contributed by atoms with E-state index in [2.05, 4.69) is 45.3 Å². The van der Waals surface area contributed by atoms with Crippen LogP contribution >= 0.6 is 15.9 Å². The van der Waals surface area contributed by atoms with Gasteiger partial charge >= 0.3 is 0 Å². The zero-order valence-corrected chi connectivity index (χ0v) is 10.2. The molecule has 0 atom stereocenters. The van der Waals surface area contributed by atoms with E-state index in [1.165, 1.54) is 42.1 Å². The molecule has 0 spiro atoms. The number of hydrogen-bond donors (Lipinski definition) is 1. The van der Waals surface area contributed by atoms with Crippen molar-refractivity contribution in [3.63, 3.8) is 0 Å². The molecule has 0 bridgehead atoms. The fraction of sp³-hybridized carbons (Fsp3) is 0.385. The van der Waals surface area contributed by atoms with E-state index < -0.39 is 0 Å². The van der Waals surface area contributed by atoms with Crippen LogP contribution < -0.4 is 0 Å². The third-order valence-electron chi connectivity index (χ3n) is 3.47. The lowest BCUT2D eigenvalue weighted by Gasteiger charge is -2.06. The molecule has 1 aromatic heterocycles. The smallest absolute Gasteiger partial charge is 0.0468 e. The highest BCUT2D eigenvalue weighted by atomic mass is 79.9. The second kappa shape index (κ2) is 3.67. The molecule has 0 saturated heterocycles. The molecule has 2 heteroatoms. The van der Waals surface area contributed by atoms with Crippen molar-refractivity contribution >= 4 is 26.8 Å². The van der Waals surface area contributed by atoms with Crippen LogP contribution in [0.25, 0.3) is 10.9 Å². The van der Waals surface area contributed by atoms with Gasteiger partial charge in [-0.1, -0.05) is 34.8 Å². The van der Waals surface area contributed by atoms with Crippen molar-refractivity contribution in [1.82, 2.24) is 4.98 Å². The van der Waals surface area contributed by atoms with Gasteiger partial charge in [-0.25, -0.2) is 0 Å². The summed E-state index contributed by atoms with van der Waals surface area (Å²) in [6, 6.07) is 6.52. The van der Waals surface area contributed by atoms with Crippen molar-refractivity contribution in [3.8, 4) is 0 Å². The van der Waals surface area contributed by atoms with Crippen molar-refractivity contribution in [2.45, 2.75) is 31.6 Å². The first-order chi connectivity index (χ1) is 7.34. The van der Waals surface area contributed by atoms with E-state index in [1.54, 1.807) is 0 Å². The van der Waals surface area contributed by atoms with Gasteiger partial charge in [0.2, 0.25) is 0 Å². The molecule has 0 unspecified atom stereocenters. The van der Waals surface area contributed by atoms with E-state index in [0.29, 0.717) is 0 Å². The third-order valence-corrected chi connectivity index (χ3v) is 3.96. The van der Waals surface area contributed by atoms with E-state index >= 15 is 0 Å². The number of aromatic nitrogens is 1. The minimum atomic E-state index is 0.792. The lowest BCUT2D eigenvalue weighted by Crippen LogP contribution is -1.89. The summed E-state index contributed by atoms with van der Waals surface area (Å²) in [5.74, 6) is 0.792. The molecule has 3 rings (SSSR count). The average Bonchev–Trinajstić information content (AvgIpc) is 2.82. The van der Waals surface area contributed by atoms with E-state index in [1.807, 2.05) is 0 Å². The molecule has 1 saturated carbocycles. The number of nitrogens with one attached hydrogen (secondary N) is 1. The highest BCUT2D eigenvalue weighted by molar-refractivity contribution is 9.10. The molecule has 1 fully saturated rings. The molecule has 1 heterocycles. The predicted molar refractivity (Wildman–Crippen MR) is 67.2 cm³/mol. The summed E-state index contributed by atoms with van der Waals surface area (Å²) in [6.07, 6.45) is 7.72. The summed E-state index contributed by atoms with van der Waals surface area (Å²) in [6.45, 7) is 0. The molecular formula is C13H14BrN. The van der Waals surface area contributed by atoms with Gasteiger partial charge in [0.05, 0.1) is 0 Å². The van der Waals surface area contributed by atoms with Gasteiger partial charge in [-0.3, -0.25) is 0 Å². The van der Waals surface area contributed by atoms with Crippen molar-refractivity contribution in [1.29, 1.82) is 0 Å². The average molecular weight is 264 g/mol. The standard InChI is InChI=1S/C13H14BrN/c14-10-5-6-11-12(8-15-13(11)7-10)9-3-1-2-4-9/h5-9,15H,1-4H2. The van der Waals surface area contributed by atoms with Crippen LogP contribution in [-0.4, -0.2) is 4.98 Å². The van der Waals surface area contributed by atoms with Gasteiger partial charge in [0.1, 0.15) is 0 Å². The third kappa shape index (κ3) is 1.61. The van der Waals surface area contributed by atoms with Crippen LogP contribution in [0.1, 0.15) is 37.2 Å². The Morgan fingerprint density at radius 3 is 2.80 bits per heavy atom. The van der Waals surface area contributed by atoms with Crippen LogP contribution in [0.15, 0.2) is 28.9 Å². The summed E-state index contributed by atoms with van der Waals surface area (Å²) < 4.78 is 1.15. The largest absolute Gasteiger partial charge is 0.361 e. The summed E-state index contributed by atoms with van der Waals surface area (Å²) >= 11 is 3.51. The topological polar surface area (TPSA) is 15.8 Å². The quantitative estimate of drug-likeness (QED) is 0.775. The molecule has 1 nitrogen and oxygen atoms in total. The molecule has 1 aliphatic carbocycles. The van der Waals surface area contributed by atoms with Gasteiger partial charge in [-0.2, -0.15) is 0 Å². The highest BCUT2D eigenvalue weighted by Gasteiger charge is 2.19. The summed E-state index contributed by atoms with van der Waals surface area (Å²) in [7, 11) is 0. The van der Waals surface area contributed by atoms with Crippen LogP contribution in [0, 0.1) is 0 Å². The fourth-order valence-electron chi connectivity index (χ4n) is 2.70. The predicted octanol–water partition coefficient (Wildman–Crippen LogP) is 4.59. The first-order valence-corrected chi connectivity index (χ1v) is 6.40. The maximum Gasteiger partial charge on any atom is 0.0468 e. The number of hydrogen-bond acceptors (Lipinski definition) is 0. The first kappa shape index (κ1) is 9.46. The second-order valence-corrected chi connectivity index (χ2v) is 5.33. The van der Waals surface area contributed by atoms with E-state index in [-0.39, 0.29) is 0 Å². The Kier molecular flexibility index (Phi) is 2.32. The van der Waals surface area contributed by atoms with E-state index in [9.17, 15) is 0 Å². The molecule has 1 aliphatic rings. The van der Waals surface area contributed by atoms with Gasteiger partial charge in [0.15, 0.2) is 0 Å². The van der Waals surface area contributed by atoms with Crippen LogP contribution in [0.2, 0.25) is 0 Å². The molecule has 0 amide bonds. The lowest BCUT2D eigenvalue weighted by atomic mass is 9.97. The van der Waals surface area contributed by atoms with Crippen LogP contribution in [0.5, 0.6) is 0 Å². The minimum Gasteiger partial charge on any atom is -0.361 e. The second-order valence-electron chi connectivity index (χ2n) is 4.42. The van der Waals surface area contributed by atoms with E-state index in [0.717, 1.165) is 10.4 Å². The molecule has 0 radical (unpaired) electrons. The van der Waals surface area contributed by atoms with Crippen molar-refractivity contribution < 1.29 is 0 Å². The Morgan fingerprint density at radius 1 is 1.20 bits per heavy atom. The Bertz CT molecular complexity index is 480. The number of benzene rings is 1. The van der Waals surface area contributed by atoms with E-state index in [4.69, 9.17) is 0 Å². The molecule has 1 N–H and O–H groups in total. The van der Waals surface area contributed by atoms with Crippen molar-refractivity contribution in [3.05, 3.63) is 34.4 Å². The minimum absolute atomic E-state index is 0.792. The summed E-state index contributed by atoms with van der Waals surface area (Å²) in [4.78, 5) is 3.38. The van der Waals surface area contributed by atoms with Crippen LogP contribution in [0.4, 0.5) is 0 Å². The number of H-pyrrole nitrogens is 1. The lowest BCUT2D eigenvalue weighted by molar-refractivity contribution is 0.729. The molecule has 15 heavy (non-hydrogen) atoms. The normalized spacial score (nSPS) is 17.7. The molecule has 1 aromatic carbocycles. The number of fused-ring (bicyclic) bond motifs is 1. The molecular weight excluding hydrogens is 250 g/mol. The number of rotatable bonds is 1. The Labute approximate surface area is 98.0 Å². The fourth-order valence-corrected chi connectivity index (χ4v) is 3.06. The van der Waals surface area contributed by atoms with Gasteiger partial charge in [-0.15, -0.1) is 0 Å². The summed E-state index contributed by atoms with van der Waals surface area (Å²) in [5.41, 5.74) is 2.78. The van der Waals surface area contributed by atoms with Gasteiger partial charge < -0.3 is 4.98 Å². The monoisotopic (exact) mass is 263 g/mol. The molecule has 2 aromatic rings. The Hall–Kier alpha value is -0.760. The van der Waals surface area contributed by atoms with Crippen LogP contribution in [-0.2, 0) is 0 Å². The van der Waals surface area contributed by atoms with Gasteiger partial charge in [0, 0.05) is 21.6 Å². The van der Waals surface area contributed by atoms with Crippen molar-refractivity contribution in [2.24, 2.45) is 0 Å². The SMILES string of the molecule is Brc1ccc2c(C3CCCC3)c[nH]c2c1. The number of aromatic amines is 1.